The Morgan fingerprint density at radius 1 is 0.935 bits per heavy atom. The summed E-state index contributed by atoms with van der Waals surface area (Å²) < 4.78 is 5.48. The van der Waals surface area contributed by atoms with E-state index in [0.29, 0.717) is 6.54 Å². The molecular formula is C24H42IN5O. The van der Waals surface area contributed by atoms with Crippen molar-refractivity contribution in [1.29, 1.82) is 0 Å². The third-order valence-corrected chi connectivity index (χ3v) is 6.01. The fraction of sp³-hybridized carbons (Fsp3) is 0.708. The molecule has 0 bridgehead atoms. The highest BCUT2D eigenvalue weighted by molar-refractivity contribution is 14.0. The van der Waals surface area contributed by atoms with Crippen LogP contribution in [0.25, 0.3) is 0 Å². The van der Waals surface area contributed by atoms with Crippen molar-refractivity contribution in [2.75, 3.05) is 59.0 Å². The predicted molar refractivity (Wildman–Crippen MR) is 140 cm³/mol. The maximum Gasteiger partial charge on any atom is 0.191 e. The first kappa shape index (κ1) is 26.4. The average molecular weight is 544 g/mol. The second kappa shape index (κ2) is 15.8. The number of nitrogens with zero attached hydrogens (tertiary/aromatic N) is 3. The molecule has 1 aromatic carbocycles. The predicted octanol–water partition coefficient (Wildman–Crippen LogP) is 3.46. The van der Waals surface area contributed by atoms with Gasteiger partial charge in [0, 0.05) is 32.7 Å². The summed E-state index contributed by atoms with van der Waals surface area (Å²) in [5.41, 5.74) is 2.69. The Morgan fingerprint density at radius 3 is 2.35 bits per heavy atom. The highest BCUT2D eigenvalue weighted by Gasteiger charge is 2.13. The van der Waals surface area contributed by atoms with Gasteiger partial charge >= 0.3 is 0 Å². The molecule has 0 atom stereocenters. The molecule has 2 N–H and O–H groups in total. The van der Waals surface area contributed by atoms with Gasteiger partial charge < -0.3 is 20.3 Å². The van der Waals surface area contributed by atoms with Crippen molar-refractivity contribution in [3.8, 4) is 0 Å². The molecule has 2 heterocycles. The van der Waals surface area contributed by atoms with Crippen LogP contribution in [0, 0.1) is 0 Å². The molecule has 31 heavy (non-hydrogen) atoms. The third kappa shape index (κ3) is 10.1. The van der Waals surface area contributed by atoms with Crippen molar-refractivity contribution in [2.45, 2.75) is 52.1 Å². The van der Waals surface area contributed by atoms with Crippen LogP contribution >= 0.6 is 24.0 Å². The Morgan fingerprint density at radius 2 is 1.65 bits per heavy atom. The minimum Gasteiger partial charge on any atom is -0.379 e. The van der Waals surface area contributed by atoms with Gasteiger partial charge in [-0.15, -0.1) is 24.0 Å². The van der Waals surface area contributed by atoms with E-state index in [-0.39, 0.29) is 24.0 Å². The lowest BCUT2D eigenvalue weighted by atomic mass is 10.1. The van der Waals surface area contributed by atoms with E-state index in [0.717, 1.165) is 58.3 Å². The SMILES string of the molecule is CCNC(=NCc1ccccc1CN1CCOCC1)NCCCN1CCCCCC1.I. The van der Waals surface area contributed by atoms with Gasteiger partial charge in [0.2, 0.25) is 0 Å². The number of morpholine rings is 1. The number of rotatable bonds is 9. The van der Waals surface area contributed by atoms with E-state index < -0.39 is 0 Å². The van der Waals surface area contributed by atoms with Crippen molar-refractivity contribution in [3.63, 3.8) is 0 Å². The second-order valence-corrected chi connectivity index (χ2v) is 8.39. The summed E-state index contributed by atoms with van der Waals surface area (Å²) in [5, 5.41) is 6.93. The molecule has 3 rings (SSSR count). The highest BCUT2D eigenvalue weighted by Crippen LogP contribution is 2.14. The van der Waals surface area contributed by atoms with E-state index in [1.807, 2.05) is 0 Å². The Kier molecular flexibility index (Phi) is 13.5. The van der Waals surface area contributed by atoms with E-state index >= 15 is 0 Å². The molecule has 2 fully saturated rings. The zero-order valence-electron chi connectivity index (χ0n) is 19.3. The fourth-order valence-corrected chi connectivity index (χ4v) is 4.24. The molecule has 7 heteroatoms. The average Bonchev–Trinajstić information content (AvgIpc) is 3.05. The third-order valence-electron chi connectivity index (χ3n) is 6.01. The number of hydrogen-bond acceptors (Lipinski definition) is 4. The summed E-state index contributed by atoms with van der Waals surface area (Å²) in [5.74, 6) is 0.926. The topological polar surface area (TPSA) is 52.1 Å². The van der Waals surface area contributed by atoms with Crippen LogP contribution in [0.15, 0.2) is 29.3 Å². The lowest BCUT2D eigenvalue weighted by Gasteiger charge is -2.27. The van der Waals surface area contributed by atoms with Crippen LogP contribution in [0.3, 0.4) is 0 Å². The number of benzene rings is 1. The van der Waals surface area contributed by atoms with Crippen LogP contribution < -0.4 is 10.6 Å². The van der Waals surface area contributed by atoms with Gasteiger partial charge in [-0.3, -0.25) is 4.90 Å². The minimum atomic E-state index is 0. The molecule has 6 nitrogen and oxygen atoms in total. The number of halogens is 1. The van der Waals surface area contributed by atoms with Crippen LogP contribution in [0.5, 0.6) is 0 Å². The summed E-state index contributed by atoms with van der Waals surface area (Å²) in [6, 6.07) is 8.70. The second-order valence-electron chi connectivity index (χ2n) is 8.39. The van der Waals surface area contributed by atoms with Crippen LogP contribution in [0.2, 0.25) is 0 Å². The first-order valence-electron chi connectivity index (χ1n) is 12.0. The summed E-state index contributed by atoms with van der Waals surface area (Å²) in [6.07, 6.45) is 6.69. The zero-order valence-corrected chi connectivity index (χ0v) is 21.6. The van der Waals surface area contributed by atoms with Gasteiger partial charge in [-0.05, 0) is 56.9 Å². The molecule has 176 valence electrons. The standard InChI is InChI=1S/C24H41N5O.HI/c1-2-25-24(26-12-9-15-28-13-7-3-4-8-14-28)27-20-22-10-5-6-11-23(22)21-29-16-18-30-19-17-29;/h5-6,10-11H,2-4,7-9,12-21H2,1H3,(H2,25,26,27);1H. The van der Waals surface area contributed by atoms with Gasteiger partial charge in [0.05, 0.1) is 19.8 Å². The number of aliphatic imine (C=N–C) groups is 1. The van der Waals surface area contributed by atoms with Crippen molar-refractivity contribution in [1.82, 2.24) is 20.4 Å². The zero-order chi connectivity index (χ0) is 20.9. The van der Waals surface area contributed by atoms with Gasteiger partial charge in [0.1, 0.15) is 0 Å². The maximum absolute atomic E-state index is 5.48. The Labute approximate surface area is 206 Å². The number of ether oxygens (including phenoxy) is 1. The summed E-state index contributed by atoms with van der Waals surface area (Å²) >= 11 is 0. The van der Waals surface area contributed by atoms with Crippen LogP contribution in [0.4, 0.5) is 0 Å². The van der Waals surface area contributed by atoms with E-state index in [9.17, 15) is 0 Å². The summed E-state index contributed by atoms with van der Waals surface area (Å²) in [4.78, 5) is 9.97. The first-order valence-corrected chi connectivity index (χ1v) is 12.0. The molecule has 0 saturated carbocycles. The number of hydrogen-bond donors (Lipinski definition) is 2. The minimum absolute atomic E-state index is 0. The van der Waals surface area contributed by atoms with Crippen molar-refractivity contribution in [2.24, 2.45) is 4.99 Å². The molecule has 1 aromatic rings. The summed E-state index contributed by atoms with van der Waals surface area (Å²) in [7, 11) is 0. The quantitative estimate of drug-likeness (QED) is 0.216. The lowest BCUT2D eigenvalue weighted by molar-refractivity contribution is 0.0341. The Bertz CT molecular complexity index is 628. The van der Waals surface area contributed by atoms with E-state index in [2.05, 4.69) is 51.6 Å². The molecule has 0 aliphatic carbocycles. The van der Waals surface area contributed by atoms with Crippen molar-refractivity contribution < 1.29 is 4.74 Å². The Balaban J connectivity index is 0.00000341. The number of likely N-dealkylation sites (tertiary alicyclic amines) is 1. The van der Waals surface area contributed by atoms with Gasteiger partial charge in [-0.2, -0.15) is 0 Å². The number of nitrogens with one attached hydrogen (secondary N) is 2. The van der Waals surface area contributed by atoms with Crippen LogP contribution in [0.1, 0.15) is 50.2 Å². The molecule has 0 unspecified atom stereocenters. The number of guanidine groups is 1. The molecule has 0 amide bonds. The fourth-order valence-electron chi connectivity index (χ4n) is 4.24. The molecule has 2 aliphatic heterocycles. The van der Waals surface area contributed by atoms with Gasteiger partial charge in [0.15, 0.2) is 5.96 Å². The smallest absolute Gasteiger partial charge is 0.191 e. The summed E-state index contributed by atoms with van der Waals surface area (Å²) in [6.45, 7) is 13.1. The monoisotopic (exact) mass is 543 g/mol. The maximum atomic E-state index is 5.48. The molecule has 0 radical (unpaired) electrons. The molecule has 2 aliphatic rings. The molecule has 0 spiro atoms. The van der Waals surface area contributed by atoms with Gasteiger partial charge in [-0.25, -0.2) is 4.99 Å². The van der Waals surface area contributed by atoms with E-state index in [1.165, 1.54) is 56.4 Å². The van der Waals surface area contributed by atoms with E-state index in [1.54, 1.807) is 0 Å². The Hall–Kier alpha value is -0.900. The lowest BCUT2D eigenvalue weighted by Crippen LogP contribution is -2.39. The molecule has 0 aromatic heterocycles. The highest BCUT2D eigenvalue weighted by atomic mass is 127. The van der Waals surface area contributed by atoms with Gasteiger partial charge in [-0.1, -0.05) is 37.1 Å². The largest absolute Gasteiger partial charge is 0.379 e. The normalized spacial score (nSPS) is 18.8. The van der Waals surface area contributed by atoms with Crippen molar-refractivity contribution >= 4 is 29.9 Å². The van der Waals surface area contributed by atoms with Crippen LogP contribution in [-0.4, -0.2) is 74.8 Å². The van der Waals surface area contributed by atoms with Crippen molar-refractivity contribution in [3.05, 3.63) is 35.4 Å². The van der Waals surface area contributed by atoms with Gasteiger partial charge in [0.25, 0.3) is 0 Å². The molecular weight excluding hydrogens is 501 g/mol. The molecule has 2 saturated heterocycles. The first-order chi connectivity index (χ1) is 14.8. The van der Waals surface area contributed by atoms with Crippen LogP contribution in [-0.2, 0) is 17.8 Å². The van der Waals surface area contributed by atoms with E-state index in [4.69, 9.17) is 9.73 Å².